The first-order valence-corrected chi connectivity index (χ1v) is 5.69. The largest absolute Gasteiger partial charge is 0.479 e. The molecule has 0 spiro atoms. The minimum absolute atomic E-state index is 0.411. The summed E-state index contributed by atoms with van der Waals surface area (Å²) >= 11 is 0. The highest BCUT2D eigenvalue weighted by Gasteiger charge is 2.21. The molecule has 0 amide bonds. The van der Waals surface area contributed by atoms with Crippen molar-refractivity contribution in [3.8, 4) is 5.88 Å². The average Bonchev–Trinajstić information content (AvgIpc) is 2.86. The summed E-state index contributed by atoms with van der Waals surface area (Å²) in [4.78, 5) is 14.6. The van der Waals surface area contributed by atoms with Crippen LogP contribution >= 0.6 is 0 Å². The summed E-state index contributed by atoms with van der Waals surface area (Å²) < 4.78 is 7.24. The topological polar surface area (TPSA) is 82.1 Å². The molecule has 2 aromatic heterocycles. The monoisotopic (exact) mass is 246 g/mol. The summed E-state index contributed by atoms with van der Waals surface area (Å²) in [6.45, 7) is 2.41. The third-order valence-corrected chi connectivity index (χ3v) is 3.06. The van der Waals surface area contributed by atoms with Crippen LogP contribution in [-0.2, 0) is 13.1 Å². The smallest absolute Gasteiger partial charge is 0.242 e. The number of methoxy groups -OCH3 is 1. The van der Waals surface area contributed by atoms with E-state index >= 15 is 0 Å². The molecule has 0 radical (unpaired) electrons. The minimum Gasteiger partial charge on any atom is -0.479 e. The van der Waals surface area contributed by atoms with Crippen LogP contribution in [0.2, 0.25) is 0 Å². The van der Waals surface area contributed by atoms with Gasteiger partial charge >= 0.3 is 0 Å². The number of imidazole rings is 1. The predicted octanol–water partition coefficient (Wildman–Crippen LogP) is 0.284. The fraction of sp³-hybridized carbons (Fsp3) is 0.364. The maximum atomic E-state index is 6.00. The summed E-state index contributed by atoms with van der Waals surface area (Å²) in [7, 11) is 1.55. The van der Waals surface area contributed by atoms with Gasteiger partial charge in [-0.2, -0.15) is 4.98 Å². The first kappa shape index (κ1) is 10.8. The molecular formula is C11H14N6O. The number of anilines is 2. The molecule has 0 fully saturated rings. The van der Waals surface area contributed by atoms with Crippen molar-refractivity contribution in [1.29, 1.82) is 0 Å². The molecule has 18 heavy (non-hydrogen) atoms. The number of nitrogen functional groups attached to an aromatic ring is 1. The van der Waals surface area contributed by atoms with Crippen molar-refractivity contribution in [2.75, 3.05) is 24.3 Å². The van der Waals surface area contributed by atoms with Crippen molar-refractivity contribution in [2.24, 2.45) is 0 Å². The Kier molecular flexibility index (Phi) is 2.51. The van der Waals surface area contributed by atoms with Gasteiger partial charge < -0.3 is 19.9 Å². The molecule has 3 rings (SSSR count). The van der Waals surface area contributed by atoms with Gasteiger partial charge in [0.25, 0.3) is 0 Å². The second-order valence-electron chi connectivity index (χ2n) is 4.08. The Morgan fingerprint density at radius 2 is 2.17 bits per heavy atom. The molecule has 0 unspecified atom stereocenters. The third-order valence-electron chi connectivity index (χ3n) is 3.06. The molecule has 1 aliphatic rings. The fourth-order valence-electron chi connectivity index (χ4n) is 2.14. The van der Waals surface area contributed by atoms with Gasteiger partial charge in [0, 0.05) is 25.5 Å². The highest BCUT2D eigenvalue weighted by molar-refractivity contribution is 5.67. The zero-order chi connectivity index (χ0) is 12.5. The van der Waals surface area contributed by atoms with E-state index in [9.17, 15) is 0 Å². The van der Waals surface area contributed by atoms with E-state index in [0.717, 1.165) is 18.9 Å². The van der Waals surface area contributed by atoms with Gasteiger partial charge in [0.15, 0.2) is 5.82 Å². The maximum Gasteiger partial charge on any atom is 0.242 e. The van der Waals surface area contributed by atoms with Gasteiger partial charge in [0.1, 0.15) is 17.8 Å². The van der Waals surface area contributed by atoms with Crippen LogP contribution in [0.5, 0.6) is 5.88 Å². The van der Waals surface area contributed by atoms with E-state index in [1.807, 2.05) is 12.4 Å². The van der Waals surface area contributed by atoms with Crippen molar-refractivity contribution in [3.05, 3.63) is 24.5 Å². The van der Waals surface area contributed by atoms with Crippen molar-refractivity contribution in [1.82, 2.24) is 19.5 Å². The molecule has 1 aliphatic heterocycles. The van der Waals surface area contributed by atoms with Crippen LogP contribution in [0.15, 0.2) is 18.7 Å². The second-order valence-corrected chi connectivity index (χ2v) is 4.08. The highest BCUT2D eigenvalue weighted by atomic mass is 16.5. The second kappa shape index (κ2) is 4.17. The van der Waals surface area contributed by atoms with Crippen LogP contribution in [-0.4, -0.2) is 33.2 Å². The van der Waals surface area contributed by atoms with Gasteiger partial charge in [0.2, 0.25) is 5.88 Å². The molecule has 0 aliphatic carbocycles. The SMILES string of the molecule is COc1ncnc(N2CCn3ccnc3C2)c1N. The van der Waals surface area contributed by atoms with E-state index in [1.54, 1.807) is 7.11 Å². The van der Waals surface area contributed by atoms with E-state index in [-0.39, 0.29) is 0 Å². The van der Waals surface area contributed by atoms with Gasteiger partial charge in [-0.3, -0.25) is 0 Å². The zero-order valence-electron chi connectivity index (χ0n) is 10.1. The van der Waals surface area contributed by atoms with Crippen molar-refractivity contribution in [2.45, 2.75) is 13.1 Å². The van der Waals surface area contributed by atoms with Crippen LogP contribution in [0.25, 0.3) is 0 Å². The fourth-order valence-corrected chi connectivity index (χ4v) is 2.14. The zero-order valence-corrected chi connectivity index (χ0v) is 10.1. The molecule has 0 saturated carbocycles. The highest BCUT2D eigenvalue weighted by Crippen LogP contribution is 2.29. The number of ether oxygens (including phenoxy) is 1. The number of rotatable bonds is 2. The molecule has 2 aromatic rings. The Balaban J connectivity index is 1.93. The van der Waals surface area contributed by atoms with Crippen molar-refractivity contribution >= 4 is 11.5 Å². The van der Waals surface area contributed by atoms with Crippen LogP contribution in [0, 0.1) is 0 Å². The summed E-state index contributed by atoms with van der Waals surface area (Å²) in [5, 5.41) is 0. The summed E-state index contributed by atoms with van der Waals surface area (Å²) in [5.74, 6) is 2.13. The average molecular weight is 246 g/mol. The Bertz CT molecular complexity index is 566. The Hall–Kier alpha value is -2.31. The van der Waals surface area contributed by atoms with Crippen molar-refractivity contribution in [3.63, 3.8) is 0 Å². The lowest BCUT2D eigenvalue weighted by Gasteiger charge is -2.29. The first-order valence-electron chi connectivity index (χ1n) is 5.69. The lowest BCUT2D eigenvalue weighted by Crippen LogP contribution is -2.34. The van der Waals surface area contributed by atoms with Gasteiger partial charge in [-0.1, -0.05) is 0 Å². The number of aromatic nitrogens is 4. The van der Waals surface area contributed by atoms with E-state index < -0.39 is 0 Å². The van der Waals surface area contributed by atoms with Crippen molar-refractivity contribution < 1.29 is 4.74 Å². The van der Waals surface area contributed by atoms with Gasteiger partial charge in [-0.25, -0.2) is 9.97 Å². The molecule has 2 N–H and O–H groups in total. The first-order chi connectivity index (χ1) is 8.79. The Morgan fingerprint density at radius 1 is 1.28 bits per heavy atom. The molecule has 94 valence electrons. The normalized spacial score (nSPS) is 14.4. The molecule has 7 nitrogen and oxygen atoms in total. The summed E-state index contributed by atoms with van der Waals surface area (Å²) in [5.41, 5.74) is 6.47. The number of hydrogen-bond acceptors (Lipinski definition) is 6. The lowest BCUT2D eigenvalue weighted by molar-refractivity contribution is 0.399. The van der Waals surface area contributed by atoms with E-state index in [4.69, 9.17) is 10.5 Å². The quantitative estimate of drug-likeness (QED) is 0.819. The van der Waals surface area contributed by atoms with E-state index in [0.29, 0.717) is 23.9 Å². The maximum absolute atomic E-state index is 6.00. The van der Waals surface area contributed by atoms with Gasteiger partial charge in [0.05, 0.1) is 13.7 Å². The number of hydrogen-bond donors (Lipinski definition) is 1. The van der Waals surface area contributed by atoms with Crippen LogP contribution < -0.4 is 15.4 Å². The molecule has 0 atom stereocenters. The molecule has 0 aromatic carbocycles. The van der Waals surface area contributed by atoms with E-state index in [2.05, 4.69) is 24.4 Å². The molecule has 0 saturated heterocycles. The Labute approximate surface area is 104 Å². The van der Waals surface area contributed by atoms with Gasteiger partial charge in [-0.15, -0.1) is 0 Å². The third kappa shape index (κ3) is 1.64. The number of nitrogens with zero attached hydrogens (tertiary/aromatic N) is 5. The summed E-state index contributed by atoms with van der Waals surface area (Å²) in [6.07, 6.45) is 5.25. The van der Waals surface area contributed by atoms with Gasteiger partial charge in [-0.05, 0) is 0 Å². The minimum atomic E-state index is 0.411. The molecule has 0 bridgehead atoms. The molecule has 3 heterocycles. The van der Waals surface area contributed by atoms with Crippen LogP contribution in [0.3, 0.4) is 0 Å². The van der Waals surface area contributed by atoms with Crippen LogP contribution in [0.1, 0.15) is 5.82 Å². The van der Waals surface area contributed by atoms with Crippen LogP contribution in [0.4, 0.5) is 11.5 Å². The van der Waals surface area contributed by atoms with E-state index in [1.165, 1.54) is 6.33 Å². The lowest BCUT2D eigenvalue weighted by atomic mass is 10.3. The molecule has 7 heteroatoms. The number of fused-ring (bicyclic) bond motifs is 1. The Morgan fingerprint density at radius 3 is 3.00 bits per heavy atom. The predicted molar refractivity (Wildman–Crippen MR) is 66.3 cm³/mol. The summed E-state index contributed by atoms with van der Waals surface area (Å²) in [6, 6.07) is 0. The molecular weight excluding hydrogens is 232 g/mol. The standard InChI is InChI=1S/C11H14N6O/c1-18-11-9(12)10(14-7-15-11)17-5-4-16-3-2-13-8(16)6-17/h2-3,7H,4-6,12H2,1H3. The number of nitrogens with two attached hydrogens (primary N) is 1.